The third-order valence-electron chi connectivity index (χ3n) is 4.44. The van der Waals surface area contributed by atoms with E-state index in [0.717, 1.165) is 55.2 Å². The fraction of sp³-hybridized carbons (Fsp3) is 0.667. The van der Waals surface area contributed by atoms with E-state index in [1.54, 1.807) is 0 Å². The highest BCUT2D eigenvalue weighted by Crippen LogP contribution is 2.31. The number of likely N-dealkylation sites (tertiary alicyclic amines) is 2. The first kappa shape index (κ1) is 15.0. The standard InChI is InChI=1S/C15H23N3O2S/c1-17-8-4-5-11(17)14(19)16-13-7-6-12(21-13)15(20)18-9-2-3-10-18/h6-7,11,15,20H,2-5,8-10H2,1H3,(H,16,19)/t11-,15?/m0/s1. The largest absolute Gasteiger partial charge is 0.373 e. The normalized spacial score (nSPS) is 25.3. The predicted octanol–water partition coefficient (Wildman–Crippen LogP) is 1.87. The second kappa shape index (κ2) is 6.44. The Balaban J connectivity index is 1.60. The third kappa shape index (κ3) is 3.29. The van der Waals surface area contributed by atoms with E-state index in [1.165, 1.54) is 11.3 Å². The number of rotatable bonds is 4. The number of nitrogens with one attached hydrogen (secondary N) is 1. The highest BCUT2D eigenvalue weighted by Gasteiger charge is 2.28. The number of anilines is 1. The van der Waals surface area contributed by atoms with Crippen molar-refractivity contribution in [1.82, 2.24) is 9.80 Å². The molecule has 6 heteroatoms. The molecule has 2 saturated heterocycles. The van der Waals surface area contributed by atoms with Gasteiger partial charge in [-0.05, 0) is 51.4 Å². The smallest absolute Gasteiger partial charge is 0.242 e. The summed E-state index contributed by atoms with van der Waals surface area (Å²) in [5, 5.41) is 14.2. The highest BCUT2D eigenvalue weighted by atomic mass is 32.1. The van der Waals surface area contributed by atoms with Crippen LogP contribution < -0.4 is 5.32 Å². The summed E-state index contributed by atoms with van der Waals surface area (Å²) in [6.07, 6.45) is 3.78. The van der Waals surface area contributed by atoms with Crippen LogP contribution in [0.3, 0.4) is 0 Å². The van der Waals surface area contributed by atoms with Crippen molar-refractivity contribution in [3.63, 3.8) is 0 Å². The first-order valence-corrected chi connectivity index (χ1v) is 8.50. The van der Waals surface area contributed by atoms with Crippen LogP contribution in [0, 0.1) is 0 Å². The van der Waals surface area contributed by atoms with Gasteiger partial charge in [-0.1, -0.05) is 0 Å². The predicted molar refractivity (Wildman–Crippen MR) is 84.4 cm³/mol. The van der Waals surface area contributed by atoms with Gasteiger partial charge in [-0.25, -0.2) is 0 Å². The molecule has 3 heterocycles. The van der Waals surface area contributed by atoms with E-state index in [9.17, 15) is 9.90 Å². The minimum atomic E-state index is -0.530. The summed E-state index contributed by atoms with van der Waals surface area (Å²) in [6.45, 7) is 2.89. The van der Waals surface area contributed by atoms with Gasteiger partial charge in [0.1, 0.15) is 6.23 Å². The Morgan fingerprint density at radius 3 is 2.76 bits per heavy atom. The lowest BCUT2D eigenvalue weighted by atomic mass is 10.2. The Morgan fingerprint density at radius 2 is 2.10 bits per heavy atom. The zero-order valence-corrected chi connectivity index (χ0v) is 13.2. The van der Waals surface area contributed by atoms with Crippen LogP contribution in [-0.4, -0.2) is 53.5 Å². The number of hydrogen-bond acceptors (Lipinski definition) is 5. The van der Waals surface area contributed by atoms with Gasteiger partial charge in [0.2, 0.25) is 5.91 Å². The molecule has 21 heavy (non-hydrogen) atoms. The fourth-order valence-electron chi connectivity index (χ4n) is 3.17. The minimum absolute atomic E-state index is 0.0148. The number of carbonyl (C=O) groups is 1. The molecule has 0 spiro atoms. The Hall–Kier alpha value is -0.950. The van der Waals surface area contributed by atoms with Crippen LogP contribution in [0.5, 0.6) is 0 Å². The van der Waals surface area contributed by atoms with Crippen LogP contribution >= 0.6 is 11.3 Å². The molecule has 2 N–H and O–H groups in total. The number of thiophene rings is 1. The number of aliphatic hydroxyl groups is 1. The molecule has 2 atom stereocenters. The zero-order chi connectivity index (χ0) is 14.8. The molecular weight excluding hydrogens is 286 g/mol. The van der Waals surface area contributed by atoms with Gasteiger partial charge in [0.05, 0.1) is 15.9 Å². The molecule has 0 aliphatic carbocycles. The second-order valence-corrected chi connectivity index (χ2v) is 7.06. The lowest BCUT2D eigenvalue weighted by Gasteiger charge is -2.21. The molecule has 0 radical (unpaired) electrons. The van der Waals surface area contributed by atoms with Crippen LogP contribution in [-0.2, 0) is 4.79 Å². The summed E-state index contributed by atoms with van der Waals surface area (Å²) in [5.41, 5.74) is 0. The van der Waals surface area contributed by atoms with Crippen LogP contribution in [0.1, 0.15) is 36.8 Å². The quantitative estimate of drug-likeness (QED) is 0.891. The van der Waals surface area contributed by atoms with Gasteiger partial charge >= 0.3 is 0 Å². The topological polar surface area (TPSA) is 55.8 Å². The Kier molecular flexibility index (Phi) is 4.59. The first-order valence-electron chi connectivity index (χ1n) is 7.68. The first-order chi connectivity index (χ1) is 10.1. The number of hydrogen-bond donors (Lipinski definition) is 2. The van der Waals surface area contributed by atoms with E-state index >= 15 is 0 Å². The van der Waals surface area contributed by atoms with E-state index in [2.05, 4.69) is 15.1 Å². The van der Waals surface area contributed by atoms with Crippen molar-refractivity contribution in [1.29, 1.82) is 0 Å². The van der Waals surface area contributed by atoms with Gasteiger partial charge in [0.15, 0.2) is 0 Å². The van der Waals surface area contributed by atoms with Crippen molar-refractivity contribution in [2.45, 2.75) is 38.0 Å². The van der Waals surface area contributed by atoms with Gasteiger partial charge < -0.3 is 10.4 Å². The zero-order valence-electron chi connectivity index (χ0n) is 12.4. The maximum absolute atomic E-state index is 12.2. The van der Waals surface area contributed by atoms with Crippen LogP contribution in [0.2, 0.25) is 0 Å². The van der Waals surface area contributed by atoms with Gasteiger partial charge in [0, 0.05) is 13.1 Å². The lowest BCUT2D eigenvalue weighted by Crippen LogP contribution is -2.36. The molecule has 2 aliphatic rings. The minimum Gasteiger partial charge on any atom is -0.373 e. The Bertz CT molecular complexity index is 499. The van der Waals surface area contributed by atoms with E-state index < -0.39 is 6.23 Å². The lowest BCUT2D eigenvalue weighted by molar-refractivity contribution is -0.119. The summed E-state index contributed by atoms with van der Waals surface area (Å²) in [7, 11) is 1.99. The molecule has 1 aromatic heterocycles. The van der Waals surface area contributed by atoms with Crippen molar-refractivity contribution in [3.8, 4) is 0 Å². The molecule has 1 amide bonds. The van der Waals surface area contributed by atoms with Crippen LogP contribution in [0.15, 0.2) is 12.1 Å². The monoisotopic (exact) mass is 309 g/mol. The molecule has 116 valence electrons. The fourth-order valence-corrected chi connectivity index (χ4v) is 4.10. The number of aliphatic hydroxyl groups excluding tert-OH is 1. The maximum Gasteiger partial charge on any atom is 0.242 e. The highest BCUT2D eigenvalue weighted by molar-refractivity contribution is 7.16. The van der Waals surface area contributed by atoms with Gasteiger partial charge in [-0.2, -0.15) is 0 Å². The van der Waals surface area contributed by atoms with Gasteiger partial charge in [-0.15, -0.1) is 11.3 Å². The van der Waals surface area contributed by atoms with Crippen molar-refractivity contribution in [2.24, 2.45) is 0 Å². The summed E-state index contributed by atoms with van der Waals surface area (Å²) in [4.78, 5) is 17.3. The molecule has 2 fully saturated rings. The molecule has 0 saturated carbocycles. The van der Waals surface area contributed by atoms with E-state index in [4.69, 9.17) is 0 Å². The molecule has 1 unspecified atom stereocenters. The summed E-state index contributed by atoms with van der Waals surface area (Å²) in [5.74, 6) is 0.0686. The second-order valence-electron chi connectivity index (χ2n) is 5.95. The van der Waals surface area contributed by atoms with E-state index in [-0.39, 0.29) is 11.9 Å². The Morgan fingerprint density at radius 1 is 1.33 bits per heavy atom. The molecule has 0 aromatic carbocycles. The van der Waals surface area contributed by atoms with Crippen molar-refractivity contribution >= 4 is 22.2 Å². The van der Waals surface area contributed by atoms with Gasteiger partial charge in [-0.3, -0.25) is 14.6 Å². The summed E-state index contributed by atoms with van der Waals surface area (Å²) in [6, 6.07) is 3.80. The summed E-state index contributed by atoms with van der Waals surface area (Å²) < 4.78 is 0. The SMILES string of the molecule is CN1CCC[C@H]1C(=O)Nc1ccc(C(O)N2CCCC2)s1. The molecular formula is C15H23N3O2S. The van der Waals surface area contributed by atoms with E-state index in [1.807, 2.05) is 19.2 Å². The molecule has 0 bridgehead atoms. The van der Waals surface area contributed by atoms with Gasteiger partial charge in [0.25, 0.3) is 0 Å². The Labute approximate surface area is 129 Å². The third-order valence-corrected chi connectivity index (χ3v) is 5.48. The molecule has 5 nitrogen and oxygen atoms in total. The van der Waals surface area contributed by atoms with Crippen LogP contribution in [0.25, 0.3) is 0 Å². The van der Waals surface area contributed by atoms with Crippen molar-refractivity contribution < 1.29 is 9.90 Å². The van der Waals surface area contributed by atoms with Crippen molar-refractivity contribution in [2.75, 3.05) is 32.0 Å². The maximum atomic E-state index is 12.2. The number of carbonyl (C=O) groups excluding carboxylic acids is 1. The molecule has 2 aliphatic heterocycles. The average molecular weight is 309 g/mol. The molecule has 1 aromatic rings. The van der Waals surface area contributed by atoms with Crippen molar-refractivity contribution in [3.05, 3.63) is 17.0 Å². The summed E-state index contributed by atoms with van der Waals surface area (Å²) >= 11 is 1.47. The number of likely N-dealkylation sites (N-methyl/N-ethyl adjacent to an activating group) is 1. The number of nitrogens with zero attached hydrogens (tertiary/aromatic N) is 2. The number of amides is 1. The van der Waals surface area contributed by atoms with E-state index in [0.29, 0.717) is 0 Å². The average Bonchev–Trinajstić information content (AvgIpc) is 3.18. The van der Waals surface area contributed by atoms with Crippen LogP contribution in [0.4, 0.5) is 5.00 Å². The molecule has 3 rings (SSSR count).